The summed E-state index contributed by atoms with van der Waals surface area (Å²) in [5.74, 6) is 0.114. The maximum Gasteiger partial charge on any atom is 0.338 e. The third-order valence-corrected chi connectivity index (χ3v) is 9.01. The van der Waals surface area contributed by atoms with Crippen LogP contribution in [0.1, 0.15) is 41.6 Å². The molecule has 1 atom stereocenters. The summed E-state index contributed by atoms with van der Waals surface area (Å²) < 4.78 is 15.3. The molecule has 1 aromatic heterocycles. The number of fused-ring (bicyclic) bond motifs is 1. The number of carbonyl (C=O) groups is 1. The molecule has 2 heterocycles. The molecule has 0 fully saturated rings. The van der Waals surface area contributed by atoms with Crippen LogP contribution in [0.2, 0.25) is 0 Å². The van der Waals surface area contributed by atoms with Crippen LogP contribution >= 0.6 is 56.5 Å². The molecule has 0 bridgehead atoms. The van der Waals surface area contributed by atoms with E-state index in [1.165, 1.54) is 18.4 Å². The van der Waals surface area contributed by atoms with E-state index in [2.05, 4.69) is 51.3 Å². The maximum absolute atomic E-state index is 14.0. The van der Waals surface area contributed by atoms with E-state index in [0.29, 0.717) is 38.3 Å². The molecule has 0 radical (unpaired) electrons. The lowest BCUT2D eigenvalue weighted by atomic mass is 9.95. The fraction of sp³-hybridized carbons (Fsp3) is 0.161. The third kappa shape index (κ3) is 5.89. The van der Waals surface area contributed by atoms with E-state index < -0.39 is 12.0 Å². The topological polar surface area (TPSA) is 93.7 Å². The Kier molecular flexibility index (Phi) is 9.06. The molecule has 41 heavy (non-hydrogen) atoms. The first kappa shape index (κ1) is 29.2. The average molecular weight is 787 g/mol. The SMILES string of the molecule is CCC1=C(C(=O)OC)[C@H](c2ccccc2)n2c(s/c(=C/c3cc(I)cc(I)c3OCc3ccccc3C#N)c2=O)=N1. The summed E-state index contributed by atoms with van der Waals surface area (Å²) >= 11 is 5.74. The molecule has 0 unspecified atom stereocenters. The number of hydrogen-bond donors (Lipinski definition) is 0. The van der Waals surface area contributed by atoms with E-state index in [9.17, 15) is 14.9 Å². The van der Waals surface area contributed by atoms with Crippen LogP contribution in [-0.2, 0) is 16.1 Å². The van der Waals surface area contributed by atoms with Crippen molar-refractivity contribution < 1.29 is 14.3 Å². The molecule has 0 amide bonds. The van der Waals surface area contributed by atoms with Crippen LogP contribution in [-0.4, -0.2) is 17.6 Å². The highest BCUT2D eigenvalue weighted by atomic mass is 127. The van der Waals surface area contributed by atoms with E-state index in [0.717, 1.165) is 23.8 Å². The van der Waals surface area contributed by atoms with Gasteiger partial charge in [-0.2, -0.15) is 5.26 Å². The first-order valence-corrected chi connectivity index (χ1v) is 15.6. The van der Waals surface area contributed by atoms with E-state index in [1.54, 1.807) is 10.6 Å². The standard InChI is InChI=1S/C31H23I2N3O4S/c1-3-24-26(30(38)39-2)27(18-9-5-4-6-10-18)36-29(37)25(41-31(36)35-24)14-21-13-22(32)15-23(33)28(21)40-17-20-12-8-7-11-19(20)16-34/h4-15,27H,3,17H2,1-2H3/b25-14+/t27-/m0/s1. The zero-order valence-corrected chi connectivity index (χ0v) is 27.2. The smallest absolute Gasteiger partial charge is 0.338 e. The van der Waals surface area contributed by atoms with Crippen molar-refractivity contribution in [1.82, 2.24) is 4.57 Å². The number of allylic oxidation sites excluding steroid dienone is 1. The number of ether oxygens (including phenoxy) is 2. The Bertz CT molecular complexity index is 1910. The molecule has 3 aromatic carbocycles. The van der Waals surface area contributed by atoms with Crippen molar-refractivity contribution >= 4 is 68.6 Å². The van der Waals surface area contributed by atoms with Gasteiger partial charge >= 0.3 is 5.97 Å². The lowest BCUT2D eigenvalue weighted by molar-refractivity contribution is -0.136. The van der Waals surface area contributed by atoms with Gasteiger partial charge in [-0.3, -0.25) is 9.36 Å². The Morgan fingerprint density at radius 1 is 1.15 bits per heavy atom. The summed E-state index contributed by atoms with van der Waals surface area (Å²) in [4.78, 5) is 32.3. The number of rotatable bonds is 7. The van der Waals surface area contributed by atoms with Gasteiger partial charge in [-0.25, -0.2) is 9.79 Å². The fourth-order valence-electron chi connectivity index (χ4n) is 4.70. The van der Waals surface area contributed by atoms with Crippen molar-refractivity contribution in [1.29, 1.82) is 5.26 Å². The number of benzene rings is 3. The Hall–Kier alpha value is -3.28. The summed E-state index contributed by atoms with van der Waals surface area (Å²) in [6.45, 7) is 2.14. The zero-order valence-electron chi connectivity index (χ0n) is 22.1. The third-order valence-electron chi connectivity index (χ3n) is 6.60. The van der Waals surface area contributed by atoms with Gasteiger partial charge in [0.15, 0.2) is 4.80 Å². The molecule has 1 aliphatic heterocycles. The minimum absolute atomic E-state index is 0.207. The van der Waals surface area contributed by atoms with Crippen LogP contribution in [0.25, 0.3) is 6.08 Å². The number of nitrogens with zero attached hydrogens (tertiary/aromatic N) is 3. The first-order valence-electron chi connectivity index (χ1n) is 12.6. The molecule has 206 valence electrons. The Labute approximate surface area is 267 Å². The highest BCUT2D eigenvalue weighted by Gasteiger charge is 2.33. The van der Waals surface area contributed by atoms with Crippen molar-refractivity contribution in [3.63, 3.8) is 0 Å². The number of halogens is 2. The summed E-state index contributed by atoms with van der Waals surface area (Å²) in [6.07, 6.45) is 2.32. The Morgan fingerprint density at radius 2 is 1.88 bits per heavy atom. The second-order valence-corrected chi connectivity index (χ2v) is 12.5. The molecule has 0 saturated carbocycles. The molecule has 0 spiro atoms. The zero-order chi connectivity index (χ0) is 29.1. The van der Waals surface area contributed by atoms with Gasteiger partial charge in [0.05, 0.1) is 44.2 Å². The van der Waals surface area contributed by atoms with Crippen LogP contribution in [0.5, 0.6) is 5.75 Å². The van der Waals surface area contributed by atoms with Gasteiger partial charge < -0.3 is 9.47 Å². The lowest BCUT2D eigenvalue weighted by Crippen LogP contribution is -2.40. The molecule has 4 aromatic rings. The van der Waals surface area contributed by atoms with Crippen LogP contribution in [0.15, 0.2) is 87.8 Å². The molecule has 0 N–H and O–H groups in total. The van der Waals surface area contributed by atoms with Gasteiger partial charge in [0, 0.05) is 14.7 Å². The minimum Gasteiger partial charge on any atom is -0.487 e. The van der Waals surface area contributed by atoms with E-state index in [-0.39, 0.29) is 12.2 Å². The number of methoxy groups -OCH3 is 1. The van der Waals surface area contributed by atoms with Crippen LogP contribution in [0.3, 0.4) is 0 Å². The lowest BCUT2D eigenvalue weighted by Gasteiger charge is -2.25. The summed E-state index contributed by atoms with van der Waals surface area (Å²) in [5, 5.41) is 9.48. The molecular weight excluding hydrogens is 764 g/mol. The van der Waals surface area contributed by atoms with Gasteiger partial charge in [-0.05, 0) is 81.4 Å². The minimum atomic E-state index is -0.661. The van der Waals surface area contributed by atoms with Gasteiger partial charge in [0.1, 0.15) is 12.4 Å². The number of esters is 1. The normalized spacial score (nSPS) is 14.7. The predicted molar refractivity (Wildman–Crippen MR) is 174 cm³/mol. The van der Waals surface area contributed by atoms with E-state index in [4.69, 9.17) is 14.5 Å². The molecule has 7 nitrogen and oxygen atoms in total. The predicted octanol–water partition coefficient (Wildman–Crippen LogP) is 5.46. The first-order chi connectivity index (χ1) is 19.9. The Morgan fingerprint density at radius 3 is 2.59 bits per heavy atom. The number of nitriles is 1. The van der Waals surface area contributed by atoms with Gasteiger partial charge in [0.25, 0.3) is 5.56 Å². The Balaban J connectivity index is 1.67. The second kappa shape index (κ2) is 12.7. The van der Waals surface area contributed by atoms with Crippen molar-refractivity contribution in [2.45, 2.75) is 26.0 Å². The van der Waals surface area contributed by atoms with Gasteiger partial charge in [0.2, 0.25) is 0 Å². The van der Waals surface area contributed by atoms with E-state index >= 15 is 0 Å². The molecular formula is C31H23I2N3O4S. The average Bonchev–Trinajstić information content (AvgIpc) is 3.29. The number of aromatic nitrogens is 1. The van der Waals surface area contributed by atoms with Gasteiger partial charge in [-0.15, -0.1) is 0 Å². The number of hydrogen-bond acceptors (Lipinski definition) is 7. The van der Waals surface area contributed by atoms with Crippen LogP contribution < -0.4 is 19.6 Å². The molecule has 10 heteroatoms. The summed E-state index contributed by atoms with van der Waals surface area (Å²) in [5.41, 5.74) is 3.57. The molecule has 1 aliphatic rings. The van der Waals surface area contributed by atoms with Crippen molar-refractivity contribution in [3.8, 4) is 11.8 Å². The summed E-state index contributed by atoms with van der Waals surface area (Å²) in [6, 6.07) is 22.3. The number of thiazole rings is 1. The number of carbonyl (C=O) groups excluding carboxylic acids is 1. The maximum atomic E-state index is 14.0. The quantitative estimate of drug-likeness (QED) is 0.184. The molecule has 0 saturated heterocycles. The second-order valence-electron chi connectivity index (χ2n) is 9.06. The van der Waals surface area contributed by atoms with Crippen LogP contribution in [0, 0.1) is 18.5 Å². The molecule has 5 rings (SSSR count). The van der Waals surface area contributed by atoms with E-state index in [1.807, 2.05) is 73.7 Å². The van der Waals surface area contributed by atoms with Crippen LogP contribution in [0.4, 0.5) is 0 Å². The van der Waals surface area contributed by atoms with Crippen molar-refractivity contribution in [2.75, 3.05) is 7.11 Å². The van der Waals surface area contributed by atoms with Gasteiger partial charge in [-0.1, -0.05) is 66.8 Å². The van der Waals surface area contributed by atoms with Crippen molar-refractivity contribution in [3.05, 3.63) is 127 Å². The summed E-state index contributed by atoms with van der Waals surface area (Å²) in [7, 11) is 1.34. The highest BCUT2D eigenvalue weighted by molar-refractivity contribution is 14.1. The monoisotopic (exact) mass is 787 g/mol. The largest absolute Gasteiger partial charge is 0.487 e. The highest BCUT2D eigenvalue weighted by Crippen LogP contribution is 2.32. The fourth-order valence-corrected chi connectivity index (χ4v) is 7.76. The molecule has 0 aliphatic carbocycles. The van der Waals surface area contributed by atoms with Crippen molar-refractivity contribution in [2.24, 2.45) is 4.99 Å².